The average molecular weight is 168 g/mol. The molecule has 0 aromatic carbocycles. The lowest BCUT2D eigenvalue weighted by Crippen LogP contribution is -2.10. The van der Waals surface area contributed by atoms with E-state index in [1.54, 1.807) is 0 Å². The van der Waals surface area contributed by atoms with Gasteiger partial charge in [-0.25, -0.2) is 4.68 Å². The van der Waals surface area contributed by atoms with Crippen LogP contribution in [0.3, 0.4) is 0 Å². The Morgan fingerprint density at radius 1 is 1.58 bits per heavy atom. The first-order chi connectivity index (χ1) is 5.74. The van der Waals surface area contributed by atoms with Gasteiger partial charge in [0.15, 0.2) is 0 Å². The van der Waals surface area contributed by atoms with Crippen LogP contribution in [0.5, 0.6) is 0 Å². The van der Waals surface area contributed by atoms with E-state index >= 15 is 0 Å². The molecule has 0 saturated carbocycles. The maximum absolute atomic E-state index is 4.05. The zero-order valence-corrected chi connectivity index (χ0v) is 7.91. The van der Waals surface area contributed by atoms with Gasteiger partial charge in [0.25, 0.3) is 0 Å². The minimum Gasteiger partial charge on any atom is -0.319 e. The molecule has 1 aromatic rings. The number of likely N-dealkylation sites (N-methyl/N-ethyl adjacent to an activating group) is 1. The van der Waals surface area contributed by atoms with Crippen molar-refractivity contribution in [3.63, 3.8) is 0 Å². The van der Waals surface area contributed by atoms with Gasteiger partial charge in [0.05, 0.1) is 5.69 Å². The highest BCUT2D eigenvalue weighted by Gasteiger charge is 2.01. The largest absolute Gasteiger partial charge is 0.319 e. The van der Waals surface area contributed by atoms with Crippen molar-refractivity contribution in [2.45, 2.75) is 26.3 Å². The van der Waals surface area contributed by atoms with E-state index in [1.807, 2.05) is 17.9 Å². The summed E-state index contributed by atoms with van der Waals surface area (Å²) in [5.41, 5.74) is 1.05. The van der Waals surface area contributed by atoms with Crippen LogP contribution in [0.2, 0.25) is 0 Å². The number of hydrogen-bond donors (Lipinski definition) is 1. The van der Waals surface area contributed by atoms with E-state index in [-0.39, 0.29) is 0 Å². The van der Waals surface area contributed by atoms with Crippen molar-refractivity contribution in [1.82, 2.24) is 20.3 Å². The lowest BCUT2D eigenvalue weighted by atomic mass is 10.3. The summed E-state index contributed by atoms with van der Waals surface area (Å²) in [5, 5.41) is 11.1. The van der Waals surface area contributed by atoms with Crippen molar-refractivity contribution >= 4 is 0 Å². The molecule has 0 unspecified atom stereocenters. The predicted molar refractivity (Wildman–Crippen MR) is 48.0 cm³/mol. The van der Waals surface area contributed by atoms with Gasteiger partial charge < -0.3 is 5.32 Å². The van der Waals surface area contributed by atoms with Crippen molar-refractivity contribution < 1.29 is 0 Å². The smallest absolute Gasteiger partial charge is 0.0839 e. The predicted octanol–water partition coefficient (Wildman–Crippen LogP) is 0.621. The molecule has 1 aromatic heterocycles. The molecular formula is C8H16N4. The molecule has 0 radical (unpaired) electrons. The monoisotopic (exact) mass is 168 g/mol. The van der Waals surface area contributed by atoms with E-state index < -0.39 is 0 Å². The average Bonchev–Trinajstić information content (AvgIpc) is 2.48. The summed E-state index contributed by atoms with van der Waals surface area (Å²) >= 11 is 0. The molecule has 12 heavy (non-hydrogen) atoms. The van der Waals surface area contributed by atoms with Crippen LogP contribution in [0.1, 0.15) is 25.6 Å². The Labute approximate surface area is 73.0 Å². The fraction of sp³-hybridized carbons (Fsp3) is 0.750. The molecule has 1 N–H and O–H groups in total. The third-order valence-corrected chi connectivity index (χ3v) is 1.72. The van der Waals surface area contributed by atoms with E-state index in [1.165, 1.54) is 0 Å². The Morgan fingerprint density at radius 3 is 2.83 bits per heavy atom. The molecule has 68 valence electrons. The van der Waals surface area contributed by atoms with Gasteiger partial charge in [-0.15, -0.1) is 5.10 Å². The fourth-order valence-corrected chi connectivity index (χ4v) is 0.933. The summed E-state index contributed by atoms with van der Waals surface area (Å²) in [4.78, 5) is 0. The van der Waals surface area contributed by atoms with Crippen LogP contribution >= 0.6 is 0 Å². The third kappa shape index (κ3) is 2.30. The van der Waals surface area contributed by atoms with Crippen molar-refractivity contribution in [3.8, 4) is 0 Å². The summed E-state index contributed by atoms with van der Waals surface area (Å²) in [5.74, 6) is 0. The van der Waals surface area contributed by atoms with Crippen LogP contribution in [0.15, 0.2) is 6.20 Å². The first-order valence-corrected chi connectivity index (χ1v) is 4.29. The van der Waals surface area contributed by atoms with Gasteiger partial charge in [0.1, 0.15) is 0 Å². The van der Waals surface area contributed by atoms with E-state index in [9.17, 15) is 0 Å². The number of hydrogen-bond acceptors (Lipinski definition) is 3. The topological polar surface area (TPSA) is 42.7 Å². The first kappa shape index (κ1) is 9.19. The van der Waals surface area contributed by atoms with Crippen molar-refractivity contribution in [2.75, 3.05) is 13.6 Å². The lowest BCUT2D eigenvalue weighted by Gasteiger charge is -2.00. The number of rotatable bonds is 4. The van der Waals surface area contributed by atoms with Gasteiger partial charge in [-0.1, -0.05) is 5.21 Å². The minimum atomic E-state index is 0.404. The minimum absolute atomic E-state index is 0.404. The van der Waals surface area contributed by atoms with Gasteiger partial charge in [0, 0.05) is 25.2 Å². The summed E-state index contributed by atoms with van der Waals surface area (Å²) in [6, 6.07) is 0.404. The second-order valence-corrected chi connectivity index (χ2v) is 3.14. The molecule has 4 nitrogen and oxygen atoms in total. The molecular weight excluding hydrogens is 152 g/mol. The van der Waals surface area contributed by atoms with Crippen molar-refractivity contribution in [2.24, 2.45) is 0 Å². The van der Waals surface area contributed by atoms with Gasteiger partial charge in [-0.3, -0.25) is 0 Å². The zero-order valence-electron chi connectivity index (χ0n) is 7.91. The quantitative estimate of drug-likeness (QED) is 0.716. The Kier molecular flexibility index (Phi) is 3.22. The first-order valence-electron chi connectivity index (χ1n) is 4.29. The van der Waals surface area contributed by atoms with E-state index in [2.05, 4.69) is 29.5 Å². The summed E-state index contributed by atoms with van der Waals surface area (Å²) in [6.45, 7) is 5.14. The van der Waals surface area contributed by atoms with E-state index in [0.717, 1.165) is 18.7 Å². The third-order valence-electron chi connectivity index (χ3n) is 1.72. The molecule has 0 aliphatic rings. The molecule has 0 spiro atoms. The molecule has 0 saturated heterocycles. The SMILES string of the molecule is CNCCc1cn(C(C)C)nn1. The molecule has 4 heteroatoms. The second-order valence-electron chi connectivity index (χ2n) is 3.14. The molecule has 0 atom stereocenters. The van der Waals surface area contributed by atoms with E-state index in [4.69, 9.17) is 0 Å². The molecule has 0 bridgehead atoms. The Hall–Kier alpha value is -0.900. The highest BCUT2D eigenvalue weighted by atomic mass is 15.4. The van der Waals surface area contributed by atoms with Crippen LogP contribution in [-0.4, -0.2) is 28.6 Å². The summed E-state index contributed by atoms with van der Waals surface area (Å²) in [7, 11) is 1.94. The maximum atomic E-state index is 4.05. The highest BCUT2D eigenvalue weighted by molar-refractivity contribution is 4.93. The van der Waals surface area contributed by atoms with Crippen LogP contribution < -0.4 is 5.32 Å². The molecule has 1 heterocycles. The highest BCUT2D eigenvalue weighted by Crippen LogP contribution is 2.02. The Balaban J connectivity index is 2.52. The van der Waals surface area contributed by atoms with Gasteiger partial charge >= 0.3 is 0 Å². The van der Waals surface area contributed by atoms with Gasteiger partial charge in [-0.2, -0.15) is 0 Å². The van der Waals surface area contributed by atoms with Crippen LogP contribution in [0.25, 0.3) is 0 Å². The number of nitrogens with one attached hydrogen (secondary N) is 1. The number of aromatic nitrogens is 3. The maximum Gasteiger partial charge on any atom is 0.0839 e. The summed E-state index contributed by atoms with van der Waals surface area (Å²) in [6.07, 6.45) is 2.95. The van der Waals surface area contributed by atoms with Crippen molar-refractivity contribution in [3.05, 3.63) is 11.9 Å². The Morgan fingerprint density at radius 2 is 2.33 bits per heavy atom. The number of nitrogens with zero attached hydrogens (tertiary/aromatic N) is 3. The molecule has 1 rings (SSSR count). The van der Waals surface area contributed by atoms with Crippen LogP contribution in [-0.2, 0) is 6.42 Å². The van der Waals surface area contributed by atoms with Crippen LogP contribution in [0, 0.1) is 0 Å². The fourth-order valence-electron chi connectivity index (χ4n) is 0.933. The molecule has 0 amide bonds. The Bertz CT molecular complexity index is 229. The summed E-state index contributed by atoms with van der Waals surface area (Å²) < 4.78 is 1.88. The van der Waals surface area contributed by atoms with Gasteiger partial charge in [-0.05, 0) is 20.9 Å². The zero-order chi connectivity index (χ0) is 8.97. The van der Waals surface area contributed by atoms with Crippen molar-refractivity contribution in [1.29, 1.82) is 0 Å². The molecule has 0 aliphatic heterocycles. The standard InChI is InChI=1S/C8H16N4/c1-7(2)12-6-8(10-11-12)4-5-9-3/h6-7,9H,4-5H2,1-3H3. The molecule has 0 aliphatic carbocycles. The lowest BCUT2D eigenvalue weighted by molar-refractivity contribution is 0.514. The molecule has 0 fully saturated rings. The van der Waals surface area contributed by atoms with Crippen LogP contribution in [0.4, 0.5) is 0 Å². The van der Waals surface area contributed by atoms with Gasteiger partial charge in [0.2, 0.25) is 0 Å². The normalized spacial score (nSPS) is 11.0. The van der Waals surface area contributed by atoms with E-state index in [0.29, 0.717) is 6.04 Å². The second kappa shape index (κ2) is 4.21.